The van der Waals surface area contributed by atoms with Crippen molar-refractivity contribution in [2.75, 3.05) is 27.4 Å². The Kier molecular flexibility index (Phi) is 9.22. The zero-order valence-corrected chi connectivity index (χ0v) is 15.9. The Morgan fingerprint density at radius 3 is 2.42 bits per heavy atom. The van der Waals surface area contributed by atoms with Crippen LogP contribution in [0.3, 0.4) is 0 Å². The molecule has 24 heavy (non-hydrogen) atoms. The van der Waals surface area contributed by atoms with E-state index in [0.29, 0.717) is 28.1 Å². The Hall–Kier alpha value is -1.76. The number of carbonyl (C=O) groups excluding carboxylic acids is 2. The molecule has 0 unspecified atom stereocenters. The number of halogens is 1. The van der Waals surface area contributed by atoms with Gasteiger partial charge in [-0.1, -0.05) is 35.7 Å². The maximum absolute atomic E-state index is 11.9. The Morgan fingerprint density at radius 2 is 1.79 bits per heavy atom. The lowest BCUT2D eigenvalue weighted by Gasteiger charge is -2.12. The lowest BCUT2D eigenvalue weighted by molar-refractivity contribution is -0.147. The summed E-state index contributed by atoms with van der Waals surface area (Å²) in [6.45, 7) is 2.43. The van der Waals surface area contributed by atoms with E-state index in [1.807, 2.05) is 0 Å². The monoisotopic (exact) mass is 401 g/mol. The van der Waals surface area contributed by atoms with Gasteiger partial charge in [0.05, 0.1) is 20.6 Å². The average Bonchev–Trinajstić information content (AvgIpc) is 2.58. The third-order valence-electron chi connectivity index (χ3n) is 3.35. The first-order valence-corrected chi connectivity index (χ1v) is 8.63. The molecule has 6 nitrogen and oxygen atoms in total. The lowest BCUT2D eigenvalue weighted by atomic mass is 10.1. The molecule has 1 aromatic rings. The zero-order chi connectivity index (χ0) is 17.9. The van der Waals surface area contributed by atoms with E-state index in [1.54, 1.807) is 12.1 Å². The molecule has 0 aromatic heterocycles. The summed E-state index contributed by atoms with van der Waals surface area (Å²) in [5.74, 6) is 0.322. The first-order valence-electron chi connectivity index (χ1n) is 7.84. The van der Waals surface area contributed by atoms with Gasteiger partial charge in [0.2, 0.25) is 0 Å². The summed E-state index contributed by atoms with van der Waals surface area (Å²) in [7, 11) is 3.06. The molecule has 0 spiro atoms. The van der Waals surface area contributed by atoms with Crippen LogP contribution in [0.15, 0.2) is 16.6 Å². The molecule has 7 heteroatoms. The molecule has 0 saturated carbocycles. The number of rotatable bonds is 10. The Bertz CT molecular complexity index is 562. The van der Waals surface area contributed by atoms with Crippen molar-refractivity contribution in [1.29, 1.82) is 0 Å². The highest BCUT2D eigenvalue weighted by Gasteiger charge is 2.14. The molecule has 0 heterocycles. The lowest BCUT2D eigenvalue weighted by Crippen LogP contribution is -2.29. The molecule has 1 rings (SSSR count). The van der Waals surface area contributed by atoms with Crippen LogP contribution in [0, 0.1) is 0 Å². The van der Waals surface area contributed by atoms with E-state index in [0.717, 1.165) is 19.3 Å². The quantitative estimate of drug-likeness (QED) is 0.481. The number of carbonyl (C=O) groups is 2. The summed E-state index contributed by atoms with van der Waals surface area (Å²) in [6, 6.07) is 3.43. The number of esters is 1. The van der Waals surface area contributed by atoms with E-state index in [2.05, 4.69) is 28.2 Å². The van der Waals surface area contributed by atoms with Crippen LogP contribution in [0.4, 0.5) is 0 Å². The van der Waals surface area contributed by atoms with Gasteiger partial charge < -0.3 is 19.5 Å². The van der Waals surface area contributed by atoms with Crippen LogP contribution in [0.25, 0.3) is 0 Å². The van der Waals surface area contributed by atoms with Crippen molar-refractivity contribution in [3.8, 4) is 11.5 Å². The summed E-state index contributed by atoms with van der Waals surface area (Å²) < 4.78 is 16.1. The first-order chi connectivity index (χ1) is 11.5. The smallest absolute Gasteiger partial charge is 0.310 e. The van der Waals surface area contributed by atoms with Crippen LogP contribution in [0.2, 0.25) is 0 Å². The fourth-order valence-corrected chi connectivity index (χ4v) is 2.50. The predicted molar refractivity (Wildman–Crippen MR) is 94.4 cm³/mol. The van der Waals surface area contributed by atoms with E-state index in [9.17, 15) is 9.59 Å². The highest BCUT2D eigenvalue weighted by molar-refractivity contribution is 9.10. The van der Waals surface area contributed by atoms with E-state index in [-0.39, 0.29) is 18.9 Å². The van der Waals surface area contributed by atoms with Crippen LogP contribution in [-0.4, -0.2) is 39.2 Å². The van der Waals surface area contributed by atoms with Crippen LogP contribution in [-0.2, 0) is 20.7 Å². The molecule has 0 aliphatic rings. The SMILES string of the molecule is CCCCCNC(=O)COC(=O)Cc1cc(OC)c(OC)cc1Br. The minimum Gasteiger partial charge on any atom is -0.493 e. The first kappa shape index (κ1) is 20.3. The van der Waals surface area contributed by atoms with Crippen molar-refractivity contribution < 1.29 is 23.8 Å². The maximum Gasteiger partial charge on any atom is 0.310 e. The van der Waals surface area contributed by atoms with Gasteiger partial charge in [0, 0.05) is 11.0 Å². The predicted octanol–water partition coefficient (Wildman–Crippen LogP) is 2.86. The topological polar surface area (TPSA) is 73.9 Å². The Morgan fingerprint density at radius 1 is 1.12 bits per heavy atom. The van der Waals surface area contributed by atoms with Crippen molar-refractivity contribution in [1.82, 2.24) is 5.32 Å². The average molecular weight is 402 g/mol. The highest BCUT2D eigenvalue weighted by Crippen LogP contribution is 2.33. The van der Waals surface area contributed by atoms with Crippen molar-refractivity contribution in [2.24, 2.45) is 0 Å². The van der Waals surface area contributed by atoms with Gasteiger partial charge in [0.1, 0.15) is 0 Å². The number of hydrogen-bond donors (Lipinski definition) is 1. The highest BCUT2D eigenvalue weighted by atomic mass is 79.9. The number of hydrogen-bond acceptors (Lipinski definition) is 5. The van der Waals surface area contributed by atoms with Gasteiger partial charge in [-0.05, 0) is 24.1 Å². The second-order valence-corrected chi connectivity index (χ2v) is 6.05. The molecule has 1 N–H and O–H groups in total. The van der Waals surface area contributed by atoms with Gasteiger partial charge in [-0.25, -0.2) is 0 Å². The second-order valence-electron chi connectivity index (χ2n) is 5.19. The third kappa shape index (κ3) is 6.78. The number of ether oxygens (including phenoxy) is 3. The van der Waals surface area contributed by atoms with Gasteiger partial charge in [0.25, 0.3) is 5.91 Å². The minimum atomic E-state index is -0.480. The fraction of sp³-hybridized carbons (Fsp3) is 0.529. The van der Waals surface area contributed by atoms with Crippen molar-refractivity contribution >= 4 is 27.8 Å². The van der Waals surface area contributed by atoms with Gasteiger partial charge in [-0.2, -0.15) is 0 Å². The Balaban J connectivity index is 2.49. The largest absolute Gasteiger partial charge is 0.493 e. The van der Waals surface area contributed by atoms with E-state index in [1.165, 1.54) is 14.2 Å². The van der Waals surface area contributed by atoms with Crippen LogP contribution >= 0.6 is 15.9 Å². The molecule has 0 bridgehead atoms. The minimum absolute atomic E-state index is 0.0318. The molecule has 0 atom stereocenters. The zero-order valence-electron chi connectivity index (χ0n) is 14.3. The van der Waals surface area contributed by atoms with Crippen molar-refractivity contribution in [2.45, 2.75) is 32.6 Å². The Labute approximate surface area is 151 Å². The van der Waals surface area contributed by atoms with Crippen molar-refractivity contribution in [3.63, 3.8) is 0 Å². The fourth-order valence-electron chi connectivity index (χ4n) is 2.04. The number of benzene rings is 1. The van der Waals surface area contributed by atoms with E-state index in [4.69, 9.17) is 14.2 Å². The summed E-state index contributed by atoms with van der Waals surface area (Å²) >= 11 is 3.39. The molecule has 1 amide bonds. The summed E-state index contributed by atoms with van der Waals surface area (Å²) in [4.78, 5) is 23.5. The third-order valence-corrected chi connectivity index (χ3v) is 4.09. The van der Waals surface area contributed by atoms with Crippen LogP contribution in [0.5, 0.6) is 11.5 Å². The van der Waals surface area contributed by atoms with Gasteiger partial charge >= 0.3 is 5.97 Å². The molecular formula is C17H24BrNO5. The van der Waals surface area contributed by atoms with E-state index < -0.39 is 5.97 Å². The molecule has 0 saturated heterocycles. The number of unbranched alkanes of at least 4 members (excludes halogenated alkanes) is 2. The van der Waals surface area contributed by atoms with Crippen LogP contribution in [0.1, 0.15) is 31.7 Å². The van der Waals surface area contributed by atoms with Gasteiger partial charge in [-0.3, -0.25) is 9.59 Å². The molecule has 134 valence electrons. The summed E-state index contributed by atoms with van der Waals surface area (Å²) in [5.41, 5.74) is 0.695. The van der Waals surface area contributed by atoms with E-state index >= 15 is 0 Å². The molecule has 0 aliphatic heterocycles. The molecule has 0 aliphatic carbocycles. The van der Waals surface area contributed by atoms with Gasteiger partial charge in [0.15, 0.2) is 18.1 Å². The number of nitrogens with one attached hydrogen (secondary N) is 1. The molecule has 0 radical (unpaired) electrons. The maximum atomic E-state index is 11.9. The van der Waals surface area contributed by atoms with Crippen molar-refractivity contribution in [3.05, 3.63) is 22.2 Å². The van der Waals surface area contributed by atoms with Gasteiger partial charge in [-0.15, -0.1) is 0 Å². The molecular weight excluding hydrogens is 378 g/mol. The second kappa shape index (κ2) is 10.9. The van der Waals surface area contributed by atoms with Crippen LogP contribution < -0.4 is 14.8 Å². The summed E-state index contributed by atoms with van der Waals surface area (Å²) in [5, 5.41) is 2.72. The summed E-state index contributed by atoms with van der Waals surface area (Å²) in [6.07, 6.45) is 3.11. The number of amides is 1. The molecule has 0 fully saturated rings. The normalized spacial score (nSPS) is 10.2. The standard InChI is InChI=1S/C17H24BrNO5/c1-4-5-6-7-19-16(20)11-24-17(21)9-12-8-14(22-2)15(23-3)10-13(12)18/h8,10H,4-7,9,11H2,1-3H3,(H,19,20). The molecule has 1 aromatic carbocycles. The number of methoxy groups -OCH3 is 2.